The zero-order valence-electron chi connectivity index (χ0n) is 13.3. The van der Waals surface area contributed by atoms with Gasteiger partial charge in [-0.3, -0.25) is 4.99 Å². The van der Waals surface area contributed by atoms with Crippen molar-refractivity contribution in [3.05, 3.63) is 35.6 Å². The van der Waals surface area contributed by atoms with Crippen LogP contribution in [0.3, 0.4) is 0 Å². The maximum absolute atomic E-state index is 13.4. The molecular weight excluding hydrogens is 255 g/mol. The van der Waals surface area contributed by atoms with E-state index in [9.17, 15) is 4.39 Å². The first kappa shape index (κ1) is 16.4. The Hall–Kier alpha value is -1.62. The minimum atomic E-state index is -0.209. The van der Waals surface area contributed by atoms with Gasteiger partial charge in [0.05, 0.1) is 12.6 Å². The Morgan fingerprint density at radius 3 is 2.15 bits per heavy atom. The highest BCUT2D eigenvalue weighted by Crippen LogP contribution is 2.19. The number of benzene rings is 1. The Morgan fingerprint density at radius 2 is 1.70 bits per heavy atom. The number of nitrogens with zero attached hydrogens (tertiary/aromatic N) is 4. The van der Waals surface area contributed by atoms with Gasteiger partial charge in [0, 0.05) is 28.2 Å². The smallest absolute Gasteiger partial charge is 0.195 e. The average molecular weight is 280 g/mol. The molecule has 5 heteroatoms. The Morgan fingerprint density at radius 1 is 1.10 bits per heavy atom. The second kappa shape index (κ2) is 7.24. The molecule has 0 amide bonds. The van der Waals surface area contributed by atoms with E-state index in [2.05, 4.69) is 9.89 Å². The summed E-state index contributed by atoms with van der Waals surface area (Å²) in [4.78, 5) is 10.7. The molecule has 0 aromatic heterocycles. The molecule has 1 unspecified atom stereocenters. The quantitative estimate of drug-likeness (QED) is 0.621. The summed E-state index contributed by atoms with van der Waals surface area (Å²) < 4.78 is 13.4. The van der Waals surface area contributed by atoms with E-state index >= 15 is 0 Å². The number of guanidine groups is 1. The van der Waals surface area contributed by atoms with Crippen molar-refractivity contribution in [1.82, 2.24) is 14.7 Å². The van der Waals surface area contributed by atoms with Crippen LogP contribution in [0.5, 0.6) is 0 Å². The summed E-state index contributed by atoms with van der Waals surface area (Å²) in [5.41, 5.74) is 0.940. The van der Waals surface area contributed by atoms with Crippen molar-refractivity contribution in [2.24, 2.45) is 4.99 Å². The fourth-order valence-electron chi connectivity index (χ4n) is 2.13. The van der Waals surface area contributed by atoms with E-state index in [4.69, 9.17) is 0 Å². The van der Waals surface area contributed by atoms with Gasteiger partial charge in [0.1, 0.15) is 5.82 Å². The van der Waals surface area contributed by atoms with Crippen molar-refractivity contribution in [3.8, 4) is 0 Å². The van der Waals surface area contributed by atoms with Gasteiger partial charge < -0.3 is 14.7 Å². The average Bonchev–Trinajstić information content (AvgIpc) is 2.32. The molecule has 0 fully saturated rings. The van der Waals surface area contributed by atoms with Gasteiger partial charge >= 0.3 is 0 Å². The first-order valence-corrected chi connectivity index (χ1v) is 6.64. The lowest BCUT2D eigenvalue weighted by Crippen LogP contribution is -2.36. The van der Waals surface area contributed by atoms with Gasteiger partial charge in [0.2, 0.25) is 0 Å². The van der Waals surface area contributed by atoms with Crippen molar-refractivity contribution in [2.45, 2.75) is 6.04 Å². The summed E-state index contributed by atoms with van der Waals surface area (Å²) in [5, 5.41) is 0. The van der Waals surface area contributed by atoms with E-state index in [1.54, 1.807) is 12.1 Å². The highest BCUT2D eigenvalue weighted by Gasteiger charge is 2.15. The Labute approximate surface area is 121 Å². The lowest BCUT2D eigenvalue weighted by molar-refractivity contribution is 0.303. The first-order chi connectivity index (χ1) is 9.32. The van der Waals surface area contributed by atoms with Crippen molar-refractivity contribution < 1.29 is 4.39 Å². The molecule has 0 aliphatic carbocycles. The largest absolute Gasteiger partial charge is 0.349 e. The minimum Gasteiger partial charge on any atom is -0.349 e. The molecular formula is C15H25FN4. The van der Waals surface area contributed by atoms with Gasteiger partial charge in [0.25, 0.3) is 0 Å². The van der Waals surface area contributed by atoms with Crippen LogP contribution in [0.4, 0.5) is 4.39 Å². The van der Waals surface area contributed by atoms with Crippen LogP contribution >= 0.6 is 0 Å². The normalized spacial score (nSPS) is 12.2. The van der Waals surface area contributed by atoms with Crippen LogP contribution in [-0.2, 0) is 0 Å². The van der Waals surface area contributed by atoms with Gasteiger partial charge in [0.15, 0.2) is 5.96 Å². The maximum Gasteiger partial charge on any atom is 0.195 e. The first-order valence-electron chi connectivity index (χ1n) is 6.64. The summed E-state index contributed by atoms with van der Waals surface area (Å²) in [6.07, 6.45) is 0. The zero-order valence-corrected chi connectivity index (χ0v) is 13.3. The van der Waals surface area contributed by atoms with Crippen LogP contribution in [0.25, 0.3) is 0 Å². The summed E-state index contributed by atoms with van der Waals surface area (Å²) in [6.45, 7) is 0.585. The van der Waals surface area contributed by atoms with Crippen LogP contribution in [0.2, 0.25) is 0 Å². The number of aliphatic imine (C=N–C) groups is 1. The summed E-state index contributed by atoms with van der Waals surface area (Å²) in [5.74, 6) is 0.687. The monoisotopic (exact) mass is 280 g/mol. The summed E-state index contributed by atoms with van der Waals surface area (Å²) in [7, 11) is 11.8. The Balaban J connectivity index is 2.96. The van der Waals surface area contributed by atoms with Crippen molar-refractivity contribution in [1.29, 1.82) is 0 Å². The molecule has 1 aromatic rings. The van der Waals surface area contributed by atoms with E-state index in [-0.39, 0.29) is 11.9 Å². The zero-order chi connectivity index (χ0) is 15.3. The van der Waals surface area contributed by atoms with Crippen LogP contribution in [-0.4, -0.2) is 69.5 Å². The van der Waals surface area contributed by atoms with Crippen molar-refractivity contribution in [2.75, 3.05) is 48.8 Å². The number of halogens is 1. The van der Waals surface area contributed by atoms with Crippen LogP contribution in [0.15, 0.2) is 29.3 Å². The van der Waals surface area contributed by atoms with Crippen LogP contribution in [0, 0.1) is 5.82 Å². The fourth-order valence-corrected chi connectivity index (χ4v) is 2.13. The SMILES string of the molecule is CN(C)C(=NCC(c1cccc(F)c1)N(C)C)N(C)C. The van der Waals surface area contributed by atoms with E-state index in [0.29, 0.717) is 6.54 Å². The van der Waals surface area contributed by atoms with Crippen LogP contribution < -0.4 is 0 Å². The van der Waals surface area contributed by atoms with E-state index < -0.39 is 0 Å². The lowest BCUT2D eigenvalue weighted by Gasteiger charge is -2.26. The number of hydrogen-bond acceptors (Lipinski definition) is 2. The standard InChI is InChI=1S/C15H25FN4/c1-18(2)14(12-8-7-9-13(16)10-12)11-17-15(19(3)4)20(5)6/h7-10,14H,11H2,1-6H3. The summed E-state index contributed by atoms with van der Waals surface area (Å²) in [6, 6.07) is 6.77. The van der Waals surface area contributed by atoms with E-state index in [1.807, 2.05) is 58.2 Å². The minimum absolute atomic E-state index is 0.0561. The molecule has 0 bridgehead atoms. The molecule has 0 heterocycles. The van der Waals surface area contributed by atoms with Crippen molar-refractivity contribution >= 4 is 5.96 Å². The molecule has 0 spiro atoms. The molecule has 0 saturated heterocycles. The van der Waals surface area contributed by atoms with Gasteiger partial charge in [-0.1, -0.05) is 12.1 Å². The third-order valence-corrected chi connectivity index (χ3v) is 3.06. The van der Waals surface area contributed by atoms with E-state index in [0.717, 1.165) is 11.5 Å². The predicted octanol–water partition coefficient (Wildman–Crippen LogP) is 1.91. The van der Waals surface area contributed by atoms with Gasteiger partial charge in [-0.15, -0.1) is 0 Å². The molecule has 0 radical (unpaired) electrons. The molecule has 0 aliphatic rings. The molecule has 20 heavy (non-hydrogen) atoms. The molecule has 0 saturated carbocycles. The lowest BCUT2D eigenvalue weighted by atomic mass is 10.1. The molecule has 4 nitrogen and oxygen atoms in total. The highest BCUT2D eigenvalue weighted by atomic mass is 19.1. The van der Waals surface area contributed by atoms with Crippen LogP contribution in [0.1, 0.15) is 11.6 Å². The van der Waals surface area contributed by atoms with E-state index in [1.165, 1.54) is 6.07 Å². The Bertz CT molecular complexity index is 445. The molecule has 0 N–H and O–H groups in total. The van der Waals surface area contributed by atoms with Gasteiger partial charge in [-0.25, -0.2) is 4.39 Å². The topological polar surface area (TPSA) is 22.1 Å². The van der Waals surface area contributed by atoms with Gasteiger partial charge in [-0.05, 0) is 31.8 Å². The third-order valence-electron chi connectivity index (χ3n) is 3.06. The van der Waals surface area contributed by atoms with Crippen molar-refractivity contribution in [3.63, 3.8) is 0 Å². The number of rotatable bonds is 4. The fraction of sp³-hybridized carbons (Fsp3) is 0.533. The molecule has 1 rings (SSSR count). The molecule has 1 aromatic carbocycles. The highest BCUT2D eigenvalue weighted by molar-refractivity contribution is 5.79. The Kier molecular flexibility index (Phi) is 5.95. The third kappa shape index (κ3) is 4.49. The molecule has 112 valence electrons. The predicted molar refractivity (Wildman–Crippen MR) is 82.5 cm³/mol. The molecule has 0 aliphatic heterocycles. The number of likely N-dealkylation sites (N-methyl/N-ethyl adjacent to an activating group) is 1. The second-order valence-electron chi connectivity index (χ2n) is 5.46. The maximum atomic E-state index is 13.4. The summed E-state index contributed by atoms with van der Waals surface area (Å²) >= 11 is 0. The number of hydrogen-bond donors (Lipinski definition) is 0. The second-order valence-corrected chi connectivity index (χ2v) is 5.46. The molecule has 1 atom stereocenters. The van der Waals surface area contributed by atoms with Gasteiger partial charge in [-0.2, -0.15) is 0 Å².